The summed E-state index contributed by atoms with van der Waals surface area (Å²) in [7, 11) is 0. The summed E-state index contributed by atoms with van der Waals surface area (Å²) in [5, 5.41) is 8.93. The van der Waals surface area contributed by atoms with E-state index in [0.717, 1.165) is 36.8 Å². The lowest BCUT2D eigenvalue weighted by molar-refractivity contribution is -0.120. The number of hydrogen-bond donors (Lipinski definition) is 3. The maximum atomic E-state index is 12.6. The molecule has 33 heavy (non-hydrogen) atoms. The fourth-order valence-electron chi connectivity index (χ4n) is 4.07. The Labute approximate surface area is 199 Å². The van der Waals surface area contributed by atoms with Gasteiger partial charge in [0.05, 0.1) is 0 Å². The van der Waals surface area contributed by atoms with Crippen LogP contribution in [0.25, 0.3) is 11.1 Å². The molecule has 0 atom stereocenters. The summed E-state index contributed by atoms with van der Waals surface area (Å²) in [5.41, 5.74) is 4.06. The van der Waals surface area contributed by atoms with E-state index in [1.165, 1.54) is 6.42 Å². The third-order valence-electron chi connectivity index (χ3n) is 5.85. The van der Waals surface area contributed by atoms with Gasteiger partial charge in [0.15, 0.2) is 5.11 Å². The zero-order valence-electron chi connectivity index (χ0n) is 18.3. The molecule has 0 heterocycles. The van der Waals surface area contributed by atoms with Crippen molar-refractivity contribution >= 4 is 40.5 Å². The molecule has 1 aliphatic rings. The second-order valence-corrected chi connectivity index (χ2v) is 8.66. The Morgan fingerprint density at radius 2 is 1.36 bits per heavy atom. The molecule has 0 saturated heterocycles. The summed E-state index contributed by atoms with van der Waals surface area (Å²) in [6.45, 7) is 0. The van der Waals surface area contributed by atoms with Crippen molar-refractivity contribution in [3.05, 3.63) is 84.4 Å². The number of rotatable bonds is 5. The van der Waals surface area contributed by atoms with Crippen LogP contribution >= 0.6 is 12.2 Å². The van der Waals surface area contributed by atoms with Crippen LogP contribution in [0.15, 0.2) is 78.9 Å². The highest BCUT2D eigenvalue weighted by atomic mass is 32.1. The first-order valence-electron chi connectivity index (χ1n) is 11.3. The van der Waals surface area contributed by atoms with Gasteiger partial charge in [-0.2, -0.15) is 0 Å². The second kappa shape index (κ2) is 10.9. The first kappa shape index (κ1) is 22.7. The van der Waals surface area contributed by atoms with Gasteiger partial charge in [-0.05, 0) is 66.5 Å². The molecular weight excluding hydrogens is 430 g/mol. The van der Waals surface area contributed by atoms with Crippen LogP contribution in [0.3, 0.4) is 0 Å². The summed E-state index contributed by atoms with van der Waals surface area (Å²) in [5.74, 6) is -0.125. The lowest BCUT2D eigenvalue weighted by Gasteiger charge is -2.21. The predicted octanol–water partition coefficient (Wildman–Crippen LogP) is 6.00. The van der Waals surface area contributed by atoms with Crippen molar-refractivity contribution in [2.24, 2.45) is 5.92 Å². The van der Waals surface area contributed by atoms with Gasteiger partial charge in [0.25, 0.3) is 5.91 Å². The van der Waals surface area contributed by atoms with Crippen molar-refractivity contribution in [3.8, 4) is 11.1 Å². The Kier molecular flexibility index (Phi) is 7.47. The Morgan fingerprint density at radius 3 is 2.06 bits per heavy atom. The van der Waals surface area contributed by atoms with Crippen molar-refractivity contribution < 1.29 is 9.59 Å². The van der Waals surface area contributed by atoms with Gasteiger partial charge >= 0.3 is 0 Å². The van der Waals surface area contributed by atoms with Crippen molar-refractivity contribution in [1.82, 2.24) is 5.32 Å². The van der Waals surface area contributed by atoms with Crippen LogP contribution in [-0.2, 0) is 4.79 Å². The number of thiocarbonyl (C=S) groups is 1. The van der Waals surface area contributed by atoms with Crippen molar-refractivity contribution in [2.45, 2.75) is 32.1 Å². The van der Waals surface area contributed by atoms with Crippen molar-refractivity contribution in [2.75, 3.05) is 10.6 Å². The zero-order chi connectivity index (χ0) is 23.0. The van der Waals surface area contributed by atoms with Gasteiger partial charge in [-0.15, -0.1) is 0 Å². The van der Waals surface area contributed by atoms with Crippen LogP contribution in [0.1, 0.15) is 42.5 Å². The number of carbonyl (C=O) groups is 2. The Morgan fingerprint density at radius 1 is 0.727 bits per heavy atom. The lowest BCUT2D eigenvalue weighted by atomic mass is 9.88. The fourth-order valence-corrected chi connectivity index (χ4v) is 4.28. The van der Waals surface area contributed by atoms with Gasteiger partial charge < -0.3 is 10.6 Å². The molecule has 0 unspecified atom stereocenters. The quantitative estimate of drug-likeness (QED) is 0.411. The number of amides is 2. The Balaban J connectivity index is 1.32. The summed E-state index contributed by atoms with van der Waals surface area (Å²) >= 11 is 5.32. The highest BCUT2D eigenvalue weighted by molar-refractivity contribution is 7.80. The number of benzene rings is 3. The SMILES string of the molecule is O=C(NC(=S)Nc1cccc(NC(=O)C2CCCCC2)c1)c1ccc(-c2ccccc2)cc1. The third-order valence-corrected chi connectivity index (χ3v) is 6.05. The molecule has 1 saturated carbocycles. The molecule has 1 fully saturated rings. The molecule has 168 valence electrons. The molecule has 0 aromatic heterocycles. The fraction of sp³-hybridized carbons (Fsp3) is 0.222. The minimum Gasteiger partial charge on any atom is -0.332 e. The molecule has 2 amide bonds. The molecule has 0 spiro atoms. The Hall–Kier alpha value is -3.51. The average molecular weight is 458 g/mol. The van der Waals surface area contributed by atoms with E-state index in [0.29, 0.717) is 16.9 Å². The molecule has 3 N–H and O–H groups in total. The van der Waals surface area contributed by atoms with Crippen LogP contribution in [0.2, 0.25) is 0 Å². The normalized spacial score (nSPS) is 13.7. The number of carbonyl (C=O) groups excluding carboxylic acids is 2. The van der Waals surface area contributed by atoms with Crippen molar-refractivity contribution in [3.63, 3.8) is 0 Å². The summed E-state index contributed by atoms with van der Waals surface area (Å²) in [6.07, 6.45) is 5.34. The summed E-state index contributed by atoms with van der Waals surface area (Å²) < 4.78 is 0. The monoisotopic (exact) mass is 457 g/mol. The Bertz CT molecular complexity index is 1120. The van der Waals surface area contributed by atoms with E-state index in [9.17, 15) is 9.59 Å². The van der Waals surface area contributed by atoms with E-state index in [2.05, 4.69) is 16.0 Å². The first-order chi connectivity index (χ1) is 16.1. The van der Waals surface area contributed by atoms with E-state index in [1.54, 1.807) is 12.1 Å². The van der Waals surface area contributed by atoms with E-state index in [1.807, 2.05) is 66.7 Å². The van der Waals surface area contributed by atoms with Gasteiger partial charge in [-0.25, -0.2) is 0 Å². The predicted molar refractivity (Wildman–Crippen MR) is 137 cm³/mol. The highest BCUT2D eigenvalue weighted by Crippen LogP contribution is 2.25. The van der Waals surface area contributed by atoms with Crippen LogP contribution in [0.5, 0.6) is 0 Å². The van der Waals surface area contributed by atoms with Crippen LogP contribution in [0, 0.1) is 5.92 Å². The maximum absolute atomic E-state index is 12.6. The van der Waals surface area contributed by atoms with E-state index in [4.69, 9.17) is 12.2 Å². The molecule has 6 heteroatoms. The largest absolute Gasteiger partial charge is 0.332 e. The van der Waals surface area contributed by atoms with Crippen LogP contribution in [-0.4, -0.2) is 16.9 Å². The highest BCUT2D eigenvalue weighted by Gasteiger charge is 2.21. The molecule has 4 rings (SSSR count). The molecule has 3 aromatic carbocycles. The van der Waals surface area contributed by atoms with E-state index < -0.39 is 0 Å². The standard InChI is InChI=1S/C27H27N3O2S/c31-25(21-10-5-2-6-11-21)28-23-12-7-13-24(18-23)29-27(33)30-26(32)22-16-14-20(15-17-22)19-8-3-1-4-9-19/h1,3-4,7-9,12-18,21H,2,5-6,10-11H2,(H,28,31)(H2,29,30,32,33). The molecule has 0 bridgehead atoms. The number of anilines is 2. The van der Waals surface area contributed by atoms with E-state index >= 15 is 0 Å². The van der Waals surface area contributed by atoms with E-state index in [-0.39, 0.29) is 22.8 Å². The average Bonchev–Trinajstić information content (AvgIpc) is 2.85. The summed E-state index contributed by atoms with van der Waals surface area (Å²) in [4.78, 5) is 25.1. The molecular formula is C27H27N3O2S. The smallest absolute Gasteiger partial charge is 0.257 e. The minimum atomic E-state index is -0.283. The number of hydrogen-bond acceptors (Lipinski definition) is 3. The number of nitrogens with one attached hydrogen (secondary N) is 3. The van der Waals surface area contributed by atoms with Gasteiger partial charge in [-0.1, -0.05) is 67.8 Å². The molecule has 5 nitrogen and oxygen atoms in total. The molecule has 0 radical (unpaired) electrons. The third kappa shape index (κ3) is 6.26. The van der Waals surface area contributed by atoms with Crippen molar-refractivity contribution in [1.29, 1.82) is 0 Å². The van der Waals surface area contributed by atoms with Gasteiger partial charge in [-0.3, -0.25) is 14.9 Å². The molecule has 3 aromatic rings. The van der Waals surface area contributed by atoms with Gasteiger partial charge in [0.2, 0.25) is 5.91 Å². The minimum absolute atomic E-state index is 0.0710. The maximum Gasteiger partial charge on any atom is 0.257 e. The lowest BCUT2D eigenvalue weighted by Crippen LogP contribution is -2.34. The summed E-state index contributed by atoms with van der Waals surface area (Å²) in [6, 6.07) is 24.7. The molecule has 1 aliphatic carbocycles. The second-order valence-electron chi connectivity index (χ2n) is 8.26. The first-order valence-corrected chi connectivity index (χ1v) is 11.7. The van der Waals surface area contributed by atoms with Gasteiger partial charge in [0.1, 0.15) is 0 Å². The molecule has 0 aliphatic heterocycles. The van der Waals surface area contributed by atoms with Crippen LogP contribution in [0.4, 0.5) is 11.4 Å². The topological polar surface area (TPSA) is 70.2 Å². The van der Waals surface area contributed by atoms with Crippen LogP contribution < -0.4 is 16.0 Å². The van der Waals surface area contributed by atoms with Gasteiger partial charge in [0, 0.05) is 22.9 Å². The zero-order valence-corrected chi connectivity index (χ0v) is 19.2.